The zero-order valence-corrected chi connectivity index (χ0v) is 12.0. The lowest BCUT2D eigenvalue weighted by molar-refractivity contribution is 0.0823. The molecule has 1 fully saturated rings. The molecule has 0 amide bonds. The molecule has 104 valence electrons. The number of nitrogens with zero attached hydrogens (tertiary/aromatic N) is 2. The lowest BCUT2D eigenvalue weighted by Crippen LogP contribution is -2.40. The van der Waals surface area contributed by atoms with Crippen LogP contribution in [0.2, 0.25) is 0 Å². The fourth-order valence-electron chi connectivity index (χ4n) is 2.29. The third-order valence-electron chi connectivity index (χ3n) is 3.60. The van der Waals surface area contributed by atoms with Crippen molar-refractivity contribution in [1.82, 2.24) is 4.90 Å². The molecule has 1 aromatic rings. The summed E-state index contributed by atoms with van der Waals surface area (Å²) in [4.78, 5) is 2.35. The third-order valence-corrected chi connectivity index (χ3v) is 3.60. The van der Waals surface area contributed by atoms with Gasteiger partial charge in [0.2, 0.25) is 0 Å². The second-order valence-electron chi connectivity index (χ2n) is 4.81. The minimum Gasteiger partial charge on any atom is -0.395 e. The number of benzene rings is 1. The summed E-state index contributed by atoms with van der Waals surface area (Å²) in [6.45, 7) is 6.71. The maximum Gasteiger partial charge on any atom is 0.0828 e. The van der Waals surface area contributed by atoms with Gasteiger partial charge in [-0.1, -0.05) is 44.2 Å². The molecule has 0 atom stereocenters. The highest BCUT2D eigenvalue weighted by atomic mass is 16.3. The van der Waals surface area contributed by atoms with Gasteiger partial charge in [0.25, 0.3) is 0 Å². The Balaban J connectivity index is 0.000000861. The normalized spacial score (nSPS) is 18.0. The van der Waals surface area contributed by atoms with Crippen LogP contribution in [0.15, 0.2) is 30.3 Å². The Bertz CT molecular complexity index is 389. The summed E-state index contributed by atoms with van der Waals surface area (Å²) < 4.78 is 0. The molecule has 1 heterocycles. The summed E-state index contributed by atoms with van der Waals surface area (Å²) in [5.41, 5.74) is 0.814. The van der Waals surface area contributed by atoms with Crippen molar-refractivity contribution in [3.63, 3.8) is 0 Å². The van der Waals surface area contributed by atoms with Crippen molar-refractivity contribution >= 4 is 0 Å². The number of piperidine rings is 1. The summed E-state index contributed by atoms with van der Waals surface area (Å²) in [5, 5.41) is 18.4. The van der Waals surface area contributed by atoms with Crippen molar-refractivity contribution in [2.45, 2.75) is 33.2 Å². The first-order valence-corrected chi connectivity index (χ1v) is 7.06. The number of hydrogen-bond acceptors (Lipinski definition) is 3. The molecule has 1 saturated heterocycles. The molecule has 0 spiro atoms. The first kappa shape index (κ1) is 15.7. The van der Waals surface area contributed by atoms with Gasteiger partial charge in [0.05, 0.1) is 18.1 Å². The van der Waals surface area contributed by atoms with Crippen molar-refractivity contribution < 1.29 is 5.11 Å². The topological polar surface area (TPSA) is 47.3 Å². The average Bonchev–Trinajstić information content (AvgIpc) is 2.51. The van der Waals surface area contributed by atoms with E-state index in [2.05, 4.69) is 23.1 Å². The predicted octanol–water partition coefficient (Wildman–Crippen LogP) is 2.81. The average molecular weight is 260 g/mol. The largest absolute Gasteiger partial charge is 0.395 e. The number of nitriles is 1. The second kappa shape index (κ2) is 7.93. The molecule has 0 aromatic heterocycles. The summed E-state index contributed by atoms with van der Waals surface area (Å²) in [7, 11) is 0. The van der Waals surface area contributed by atoms with Gasteiger partial charge in [-0.05, 0) is 18.4 Å². The lowest BCUT2D eigenvalue weighted by Gasteiger charge is -2.36. The van der Waals surface area contributed by atoms with Gasteiger partial charge in [-0.3, -0.25) is 4.90 Å². The molecule has 1 aliphatic heterocycles. The Labute approximate surface area is 116 Å². The van der Waals surface area contributed by atoms with Gasteiger partial charge in [-0.2, -0.15) is 5.26 Å². The molecular formula is C16H24N2O. The van der Waals surface area contributed by atoms with E-state index in [1.54, 1.807) is 0 Å². The number of hydrogen-bond donors (Lipinski definition) is 1. The molecule has 19 heavy (non-hydrogen) atoms. The SMILES string of the molecule is CC.N#CC1(CO)CCN(Cc2ccccc2)CC1. The van der Waals surface area contributed by atoms with Crippen molar-refractivity contribution in [2.75, 3.05) is 19.7 Å². The van der Waals surface area contributed by atoms with Gasteiger partial charge in [-0.25, -0.2) is 0 Å². The van der Waals surface area contributed by atoms with Crippen LogP contribution in [0, 0.1) is 16.7 Å². The second-order valence-corrected chi connectivity index (χ2v) is 4.81. The quantitative estimate of drug-likeness (QED) is 0.909. The van der Waals surface area contributed by atoms with E-state index in [0.29, 0.717) is 0 Å². The van der Waals surface area contributed by atoms with E-state index in [4.69, 9.17) is 5.26 Å². The number of aliphatic hydroxyl groups excluding tert-OH is 1. The van der Waals surface area contributed by atoms with Gasteiger partial charge in [0.15, 0.2) is 0 Å². The maximum absolute atomic E-state index is 9.28. The van der Waals surface area contributed by atoms with Crippen LogP contribution in [0.3, 0.4) is 0 Å². The molecule has 0 bridgehead atoms. The first-order chi connectivity index (χ1) is 9.28. The highest BCUT2D eigenvalue weighted by Gasteiger charge is 2.33. The fraction of sp³-hybridized carbons (Fsp3) is 0.562. The summed E-state index contributed by atoms with van der Waals surface area (Å²) >= 11 is 0. The Morgan fingerprint density at radius 3 is 2.26 bits per heavy atom. The summed E-state index contributed by atoms with van der Waals surface area (Å²) in [6.07, 6.45) is 1.54. The Kier molecular flexibility index (Phi) is 6.55. The van der Waals surface area contributed by atoms with Crippen LogP contribution in [0.4, 0.5) is 0 Å². The van der Waals surface area contributed by atoms with Gasteiger partial charge in [-0.15, -0.1) is 0 Å². The Morgan fingerprint density at radius 2 is 1.79 bits per heavy atom. The minimum atomic E-state index is -0.493. The Hall–Kier alpha value is -1.37. The van der Waals surface area contributed by atoms with E-state index in [1.165, 1.54) is 5.56 Å². The minimum absolute atomic E-state index is 0.0112. The molecule has 1 aliphatic rings. The van der Waals surface area contributed by atoms with Crippen molar-refractivity contribution in [2.24, 2.45) is 5.41 Å². The van der Waals surface area contributed by atoms with E-state index in [1.807, 2.05) is 32.0 Å². The van der Waals surface area contributed by atoms with E-state index in [-0.39, 0.29) is 6.61 Å². The highest BCUT2D eigenvalue weighted by Crippen LogP contribution is 2.30. The number of rotatable bonds is 3. The molecule has 0 saturated carbocycles. The molecule has 2 rings (SSSR count). The smallest absolute Gasteiger partial charge is 0.0828 e. The van der Waals surface area contributed by atoms with Crippen LogP contribution in [0.25, 0.3) is 0 Å². The predicted molar refractivity (Wildman–Crippen MR) is 77.4 cm³/mol. The van der Waals surface area contributed by atoms with Crippen LogP contribution in [-0.4, -0.2) is 29.7 Å². The first-order valence-electron chi connectivity index (χ1n) is 7.06. The van der Waals surface area contributed by atoms with Gasteiger partial charge >= 0.3 is 0 Å². The van der Waals surface area contributed by atoms with Crippen molar-refractivity contribution in [1.29, 1.82) is 5.26 Å². The van der Waals surface area contributed by atoms with Gasteiger partial charge < -0.3 is 5.11 Å². The summed E-state index contributed by atoms with van der Waals surface area (Å²) in [6, 6.07) is 12.6. The van der Waals surface area contributed by atoms with Crippen LogP contribution >= 0.6 is 0 Å². The molecule has 1 aromatic carbocycles. The van der Waals surface area contributed by atoms with E-state index in [0.717, 1.165) is 32.5 Å². The van der Waals surface area contributed by atoms with Gasteiger partial charge in [0, 0.05) is 19.6 Å². The zero-order valence-electron chi connectivity index (χ0n) is 12.0. The molecule has 3 heteroatoms. The number of likely N-dealkylation sites (tertiary alicyclic amines) is 1. The third kappa shape index (κ3) is 4.34. The van der Waals surface area contributed by atoms with E-state index in [9.17, 15) is 5.11 Å². The molecule has 3 nitrogen and oxygen atoms in total. The van der Waals surface area contributed by atoms with Crippen molar-refractivity contribution in [3.05, 3.63) is 35.9 Å². The Morgan fingerprint density at radius 1 is 1.21 bits per heavy atom. The van der Waals surface area contributed by atoms with Crippen LogP contribution < -0.4 is 0 Å². The molecular weight excluding hydrogens is 236 g/mol. The standard InChI is InChI=1S/C14H18N2O.C2H6/c15-11-14(12-17)6-8-16(9-7-14)10-13-4-2-1-3-5-13;1-2/h1-5,17H,6-10,12H2;1-2H3. The van der Waals surface area contributed by atoms with Gasteiger partial charge in [0.1, 0.15) is 0 Å². The molecule has 0 aliphatic carbocycles. The molecule has 0 radical (unpaired) electrons. The van der Waals surface area contributed by atoms with Crippen LogP contribution in [0.1, 0.15) is 32.3 Å². The van der Waals surface area contributed by atoms with E-state index < -0.39 is 5.41 Å². The summed E-state index contributed by atoms with van der Waals surface area (Å²) in [5.74, 6) is 0. The van der Waals surface area contributed by atoms with Crippen molar-refractivity contribution in [3.8, 4) is 6.07 Å². The molecule has 0 unspecified atom stereocenters. The van der Waals surface area contributed by atoms with Crippen LogP contribution in [-0.2, 0) is 6.54 Å². The van der Waals surface area contributed by atoms with Crippen LogP contribution in [0.5, 0.6) is 0 Å². The maximum atomic E-state index is 9.28. The number of aliphatic hydroxyl groups is 1. The monoisotopic (exact) mass is 260 g/mol. The molecule has 1 N–H and O–H groups in total. The van der Waals surface area contributed by atoms with E-state index >= 15 is 0 Å². The fourth-order valence-corrected chi connectivity index (χ4v) is 2.29. The lowest BCUT2D eigenvalue weighted by atomic mass is 9.80. The zero-order chi connectivity index (χ0) is 14.1. The highest BCUT2D eigenvalue weighted by molar-refractivity contribution is 5.14.